The SMILES string of the molecule is c1ccc(N(c2ccncc2)c2cccc3ccccc23)cc1. The van der Waals surface area contributed by atoms with Gasteiger partial charge < -0.3 is 4.90 Å². The first-order valence-electron chi connectivity index (χ1n) is 7.66. The Balaban J connectivity index is 1.98. The summed E-state index contributed by atoms with van der Waals surface area (Å²) in [5.41, 5.74) is 3.40. The first kappa shape index (κ1) is 13.5. The summed E-state index contributed by atoms with van der Waals surface area (Å²) in [4.78, 5) is 6.42. The quantitative estimate of drug-likeness (QED) is 0.482. The normalized spacial score (nSPS) is 10.6. The summed E-state index contributed by atoms with van der Waals surface area (Å²) in [7, 11) is 0. The third-order valence-electron chi connectivity index (χ3n) is 3.94. The molecule has 3 aromatic carbocycles. The zero-order chi connectivity index (χ0) is 15.5. The standard InChI is InChI=1S/C21H16N2/c1-2-9-18(10-3-1)23(19-13-15-22-16-14-19)21-12-6-8-17-7-4-5-11-20(17)21/h1-16H. The van der Waals surface area contributed by atoms with Crippen LogP contribution in [0.25, 0.3) is 10.8 Å². The van der Waals surface area contributed by atoms with Gasteiger partial charge in [0.2, 0.25) is 0 Å². The van der Waals surface area contributed by atoms with Crippen molar-refractivity contribution in [3.05, 3.63) is 97.3 Å². The molecule has 0 unspecified atom stereocenters. The Morgan fingerprint density at radius 2 is 1.22 bits per heavy atom. The first-order valence-corrected chi connectivity index (χ1v) is 7.66. The number of nitrogens with zero attached hydrogens (tertiary/aromatic N) is 2. The largest absolute Gasteiger partial charge is 0.310 e. The molecule has 0 fully saturated rings. The summed E-state index contributed by atoms with van der Waals surface area (Å²) in [5, 5.41) is 2.47. The van der Waals surface area contributed by atoms with E-state index in [1.54, 1.807) is 0 Å². The fourth-order valence-corrected chi connectivity index (χ4v) is 2.90. The molecule has 1 aromatic heterocycles. The fourth-order valence-electron chi connectivity index (χ4n) is 2.90. The molecule has 23 heavy (non-hydrogen) atoms. The molecule has 0 aliphatic carbocycles. The van der Waals surface area contributed by atoms with Crippen molar-refractivity contribution < 1.29 is 0 Å². The average Bonchev–Trinajstić information content (AvgIpc) is 2.64. The summed E-state index contributed by atoms with van der Waals surface area (Å²) in [6.07, 6.45) is 3.66. The van der Waals surface area contributed by atoms with Gasteiger partial charge in [0.1, 0.15) is 0 Å². The molecule has 0 saturated heterocycles. The summed E-state index contributed by atoms with van der Waals surface area (Å²) >= 11 is 0. The van der Waals surface area contributed by atoms with E-state index in [9.17, 15) is 0 Å². The van der Waals surface area contributed by atoms with Gasteiger partial charge in [-0.3, -0.25) is 4.98 Å². The van der Waals surface area contributed by atoms with Gasteiger partial charge in [0, 0.05) is 29.2 Å². The first-order chi connectivity index (χ1) is 11.4. The van der Waals surface area contributed by atoms with E-state index in [1.165, 1.54) is 16.5 Å². The third-order valence-corrected chi connectivity index (χ3v) is 3.94. The average molecular weight is 296 g/mol. The number of hydrogen-bond acceptors (Lipinski definition) is 2. The molecule has 0 saturated carbocycles. The molecule has 0 spiro atoms. The zero-order valence-electron chi connectivity index (χ0n) is 12.6. The molecule has 1 heterocycles. The van der Waals surface area contributed by atoms with Gasteiger partial charge in [-0.2, -0.15) is 0 Å². The molecular formula is C21H16N2. The minimum atomic E-state index is 1.10. The summed E-state index contributed by atoms with van der Waals surface area (Å²) in [6, 6.07) is 29.4. The lowest BCUT2D eigenvalue weighted by atomic mass is 10.1. The van der Waals surface area contributed by atoms with Crippen molar-refractivity contribution >= 4 is 27.8 Å². The number of para-hydroxylation sites is 1. The van der Waals surface area contributed by atoms with Crippen LogP contribution in [0.3, 0.4) is 0 Å². The monoisotopic (exact) mass is 296 g/mol. The van der Waals surface area contributed by atoms with Crippen LogP contribution in [0.15, 0.2) is 97.3 Å². The third kappa shape index (κ3) is 2.55. The van der Waals surface area contributed by atoms with Gasteiger partial charge in [0.05, 0.1) is 5.69 Å². The molecule has 0 aliphatic heterocycles. The molecule has 4 rings (SSSR count). The fraction of sp³-hybridized carbons (Fsp3) is 0. The Morgan fingerprint density at radius 1 is 0.565 bits per heavy atom. The zero-order valence-corrected chi connectivity index (χ0v) is 12.6. The van der Waals surface area contributed by atoms with Crippen LogP contribution in [0.5, 0.6) is 0 Å². The van der Waals surface area contributed by atoms with Gasteiger partial charge in [-0.15, -0.1) is 0 Å². The van der Waals surface area contributed by atoms with Crippen LogP contribution in [0.1, 0.15) is 0 Å². The number of hydrogen-bond donors (Lipinski definition) is 0. The molecule has 0 N–H and O–H groups in total. The van der Waals surface area contributed by atoms with E-state index in [0.29, 0.717) is 0 Å². The van der Waals surface area contributed by atoms with E-state index in [0.717, 1.165) is 11.4 Å². The van der Waals surface area contributed by atoms with Gasteiger partial charge in [-0.25, -0.2) is 0 Å². The van der Waals surface area contributed by atoms with E-state index in [1.807, 2.05) is 30.6 Å². The minimum Gasteiger partial charge on any atom is -0.310 e. The lowest BCUT2D eigenvalue weighted by Gasteiger charge is -2.26. The molecule has 0 amide bonds. The topological polar surface area (TPSA) is 16.1 Å². The van der Waals surface area contributed by atoms with E-state index in [4.69, 9.17) is 0 Å². The maximum Gasteiger partial charge on any atom is 0.0540 e. The van der Waals surface area contributed by atoms with Crippen LogP contribution in [-0.4, -0.2) is 4.98 Å². The predicted octanol–water partition coefficient (Wildman–Crippen LogP) is 5.70. The Morgan fingerprint density at radius 3 is 2.04 bits per heavy atom. The molecule has 2 heteroatoms. The highest BCUT2D eigenvalue weighted by Gasteiger charge is 2.14. The van der Waals surface area contributed by atoms with Crippen LogP contribution in [-0.2, 0) is 0 Å². The van der Waals surface area contributed by atoms with E-state index in [-0.39, 0.29) is 0 Å². The number of aromatic nitrogens is 1. The second-order valence-corrected chi connectivity index (χ2v) is 5.37. The van der Waals surface area contributed by atoms with Crippen LogP contribution >= 0.6 is 0 Å². The number of fused-ring (bicyclic) bond motifs is 1. The molecule has 0 radical (unpaired) electrons. The second kappa shape index (κ2) is 5.93. The number of rotatable bonds is 3. The number of benzene rings is 3. The highest BCUT2D eigenvalue weighted by atomic mass is 15.1. The molecule has 4 aromatic rings. The molecule has 0 atom stereocenters. The maximum atomic E-state index is 4.15. The van der Waals surface area contributed by atoms with Crippen molar-refractivity contribution in [2.45, 2.75) is 0 Å². The van der Waals surface area contributed by atoms with Gasteiger partial charge in [0.25, 0.3) is 0 Å². The van der Waals surface area contributed by atoms with Crippen LogP contribution in [0.2, 0.25) is 0 Å². The molecule has 110 valence electrons. The van der Waals surface area contributed by atoms with Crippen molar-refractivity contribution in [3.8, 4) is 0 Å². The summed E-state index contributed by atoms with van der Waals surface area (Å²) < 4.78 is 0. The summed E-state index contributed by atoms with van der Waals surface area (Å²) in [5.74, 6) is 0. The van der Waals surface area contributed by atoms with Crippen molar-refractivity contribution in [2.75, 3.05) is 4.90 Å². The molecule has 2 nitrogen and oxygen atoms in total. The molecule has 0 aliphatic rings. The Bertz CT molecular complexity index is 873. The van der Waals surface area contributed by atoms with Gasteiger partial charge >= 0.3 is 0 Å². The van der Waals surface area contributed by atoms with E-state index < -0.39 is 0 Å². The number of pyridine rings is 1. The minimum absolute atomic E-state index is 1.10. The molecular weight excluding hydrogens is 280 g/mol. The molecule has 0 bridgehead atoms. The van der Waals surface area contributed by atoms with Gasteiger partial charge in [-0.05, 0) is 35.7 Å². The van der Waals surface area contributed by atoms with Crippen molar-refractivity contribution in [3.63, 3.8) is 0 Å². The summed E-state index contributed by atoms with van der Waals surface area (Å²) in [6.45, 7) is 0. The number of anilines is 3. The highest BCUT2D eigenvalue weighted by Crippen LogP contribution is 2.38. The second-order valence-electron chi connectivity index (χ2n) is 5.37. The Labute approximate surface area is 135 Å². The van der Waals surface area contributed by atoms with Crippen LogP contribution in [0.4, 0.5) is 17.1 Å². The van der Waals surface area contributed by atoms with Crippen molar-refractivity contribution in [1.29, 1.82) is 0 Å². The lowest BCUT2D eigenvalue weighted by Crippen LogP contribution is -2.10. The Kier molecular flexibility index (Phi) is 3.49. The van der Waals surface area contributed by atoms with Crippen molar-refractivity contribution in [2.24, 2.45) is 0 Å². The smallest absolute Gasteiger partial charge is 0.0540 e. The van der Waals surface area contributed by atoms with Crippen LogP contribution in [0, 0.1) is 0 Å². The highest BCUT2D eigenvalue weighted by molar-refractivity contribution is 5.98. The van der Waals surface area contributed by atoms with Gasteiger partial charge in [0.15, 0.2) is 0 Å². The maximum absolute atomic E-state index is 4.15. The van der Waals surface area contributed by atoms with Crippen LogP contribution < -0.4 is 4.90 Å². The predicted molar refractivity (Wildman–Crippen MR) is 96.4 cm³/mol. The van der Waals surface area contributed by atoms with Crippen molar-refractivity contribution in [1.82, 2.24) is 4.98 Å². The Hall–Kier alpha value is -3.13. The van der Waals surface area contributed by atoms with E-state index >= 15 is 0 Å². The van der Waals surface area contributed by atoms with Gasteiger partial charge in [-0.1, -0.05) is 54.6 Å². The lowest BCUT2D eigenvalue weighted by molar-refractivity contribution is 1.25. The van der Waals surface area contributed by atoms with E-state index in [2.05, 4.69) is 76.6 Å².